The maximum Gasteiger partial charge on any atom is 0.242 e. The third kappa shape index (κ3) is 5.09. The molecule has 1 rings (SSSR count). The van der Waals surface area contributed by atoms with Crippen LogP contribution < -0.4 is 16.4 Å². The van der Waals surface area contributed by atoms with E-state index in [9.17, 15) is 4.79 Å². The van der Waals surface area contributed by atoms with Crippen LogP contribution >= 0.6 is 28.1 Å². The van der Waals surface area contributed by atoms with Gasteiger partial charge in [-0.05, 0) is 61.8 Å². The van der Waals surface area contributed by atoms with Crippen molar-refractivity contribution in [2.75, 3.05) is 5.32 Å². The summed E-state index contributed by atoms with van der Waals surface area (Å²) in [4.78, 5) is 12.3. The van der Waals surface area contributed by atoms with Crippen LogP contribution in [0.3, 0.4) is 0 Å². The summed E-state index contributed by atoms with van der Waals surface area (Å²) in [6.45, 7) is 7.66. The molecule has 0 aliphatic heterocycles. The van der Waals surface area contributed by atoms with Gasteiger partial charge in [-0.3, -0.25) is 4.79 Å². The van der Waals surface area contributed by atoms with Crippen molar-refractivity contribution in [3.05, 3.63) is 28.2 Å². The zero-order valence-electron chi connectivity index (χ0n) is 12.1. The summed E-state index contributed by atoms with van der Waals surface area (Å²) in [6.07, 6.45) is 0. The summed E-state index contributed by atoms with van der Waals surface area (Å²) < 4.78 is 0.804. The number of amides is 1. The zero-order valence-corrected chi connectivity index (χ0v) is 14.5. The van der Waals surface area contributed by atoms with Crippen molar-refractivity contribution in [1.82, 2.24) is 5.32 Å². The van der Waals surface area contributed by atoms with Gasteiger partial charge in [0.2, 0.25) is 5.91 Å². The summed E-state index contributed by atoms with van der Waals surface area (Å²) >= 11 is 8.36. The molecular formula is C14H20BrN3OS. The molecule has 0 spiro atoms. The maximum atomic E-state index is 12.0. The lowest BCUT2D eigenvalue weighted by atomic mass is 10.1. The first-order chi connectivity index (χ1) is 9.10. The molecule has 6 heteroatoms. The second-order valence-corrected chi connectivity index (χ2v) is 6.96. The van der Waals surface area contributed by atoms with Crippen molar-refractivity contribution in [3.8, 4) is 0 Å². The van der Waals surface area contributed by atoms with Crippen LogP contribution in [0.5, 0.6) is 0 Å². The highest BCUT2D eigenvalue weighted by Crippen LogP contribution is 2.22. The Balaban J connectivity index is 2.76. The molecule has 1 aromatic rings. The molecule has 4 nitrogen and oxygen atoms in total. The van der Waals surface area contributed by atoms with Crippen molar-refractivity contribution in [2.45, 2.75) is 39.3 Å². The van der Waals surface area contributed by atoms with Gasteiger partial charge in [0.15, 0.2) is 0 Å². The van der Waals surface area contributed by atoms with Gasteiger partial charge in [-0.2, -0.15) is 0 Å². The lowest BCUT2D eigenvalue weighted by Crippen LogP contribution is -2.47. The van der Waals surface area contributed by atoms with Gasteiger partial charge in [-0.15, -0.1) is 0 Å². The Bertz CT molecular complexity index is 526. The Morgan fingerprint density at radius 2 is 2.00 bits per heavy atom. The van der Waals surface area contributed by atoms with Crippen molar-refractivity contribution in [3.63, 3.8) is 0 Å². The van der Waals surface area contributed by atoms with Gasteiger partial charge >= 0.3 is 0 Å². The number of halogens is 1. The van der Waals surface area contributed by atoms with Crippen molar-refractivity contribution < 1.29 is 4.79 Å². The molecule has 1 atom stereocenters. The van der Waals surface area contributed by atoms with Gasteiger partial charge in [-0.1, -0.05) is 12.2 Å². The number of thiocarbonyl (C=S) groups is 1. The number of hydrogen-bond donors (Lipinski definition) is 3. The Morgan fingerprint density at radius 3 is 2.45 bits per heavy atom. The van der Waals surface area contributed by atoms with Crippen molar-refractivity contribution in [2.24, 2.45) is 5.73 Å². The van der Waals surface area contributed by atoms with E-state index in [0.717, 1.165) is 15.7 Å². The zero-order chi connectivity index (χ0) is 15.5. The van der Waals surface area contributed by atoms with E-state index < -0.39 is 0 Å². The predicted octanol–water partition coefficient (Wildman–Crippen LogP) is 2.80. The predicted molar refractivity (Wildman–Crippen MR) is 91.0 cm³/mol. The third-order valence-corrected chi connectivity index (χ3v) is 3.39. The van der Waals surface area contributed by atoms with Crippen LogP contribution in [0.4, 0.5) is 5.69 Å². The Morgan fingerprint density at radius 1 is 1.40 bits per heavy atom. The van der Waals surface area contributed by atoms with Crippen LogP contribution in [0.1, 0.15) is 33.3 Å². The van der Waals surface area contributed by atoms with Gasteiger partial charge in [0.05, 0.1) is 0 Å². The first-order valence-corrected chi connectivity index (χ1v) is 7.48. The monoisotopic (exact) mass is 357 g/mol. The molecule has 0 fully saturated rings. The molecule has 110 valence electrons. The number of carbonyl (C=O) groups is 1. The molecule has 1 unspecified atom stereocenters. The van der Waals surface area contributed by atoms with Crippen molar-refractivity contribution >= 4 is 44.7 Å². The SMILES string of the molecule is CC(Nc1ccc(C(N)=S)c(Br)c1)C(=O)NC(C)(C)C. The van der Waals surface area contributed by atoms with E-state index in [2.05, 4.69) is 26.6 Å². The molecule has 0 radical (unpaired) electrons. The summed E-state index contributed by atoms with van der Waals surface area (Å²) in [7, 11) is 0. The van der Waals surface area contributed by atoms with Crippen LogP contribution in [0, 0.1) is 0 Å². The largest absolute Gasteiger partial charge is 0.389 e. The normalized spacial score (nSPS) is 12.7. The summed E-state index contributed by atoms with van der Waals surface area (Å²) in [5, 5.41) is 6.07. The number of rotatable bonds is 4. The second-order valence-electron chi connectivity index (χ2n) is 5.66. The van der Waals surface area contributed by atoms with E-state index in [1.165, 1.54) is 0 Å². The minimum Gasteiger partial charge on any atom is -0.389 e. The molecule has 1 amide bonds. The van der Waals surface area contributed by atoms with Gasteiger partial charge in [0.1, 0.15) is 11.0 Å². The average molecular weight is 358 g/mol. The van der Waals surface area contributed by atoms with E-state index in [1.807, 2.05) is 45.9 Å². The summed E-state index contributed by atoms with van der Waals surface area (Å²) in [5.41, 5.74) is 6.96. The fourth-order valence-electron chi connectivity index (χ4n) is 1.60. The molecule has 0 saturated carbocycles. The summed E-state index contributed by atoms with van der Waals surface area (Å²) in [5.74, 6) is -0.0490. The second kappa shape index (κ2) is 6.54. The molecular weight excluding hydrogens is 338 g/mol. The first kappa shape index (κ1) is 16.9. The first-order valence-electron chi connectivity index (χ1n) is 6.28. The van der Waals surface area contributed by atoms with Crippen LogP contribution in [-0.2, 0) is 4.79 Å². The third-order valence-electron chi connectivity index (χ3n) is 2.51. The standard InChI is InChI=1S/C14H20BrN3OS/c1-8(13(19)18-14(2,3)4)17-9-5-6-10(12(16)20)11(15)7-9/h5-8,17H,1-4H3,(H2,16,20)(H,18,19). The number of nitrogens with two attached hydrogens (primary N) is 1. The smallest absolute Gasteiger partial charge is 0.242 e. The molecule has 0 heterocycles. The number of anilines is 1. The minimum atomic E-state index is -0.336. The van der Waals surface area contributed by atoms with Gasteiger partial charge in [0.25, 0.3) is 0 Å². The molecule has 0 aromatic heterocycles. The summed E-state index contributed by atoms with van der Waals surface area (Å²) in [6, 6.07) is 5.19. The number of nitrogens with one attached hydrogen (secondary N) is 2. The van der Waals surface area contributed by atoms with Crippen molar-refractivity contribution in [1.29, 1.82) is 0 Å². The van der Waals surface area contributed by atoms with E-state index in [4.69, 9.17) is 18.0 Å². The Hall–Kier alpha value is -1.14. The van der Waals surface area contributed by atoms with E-state index in [0.29, 0.717) is 4.99 Å². The molecule has 0 aliphatic rings. The maximum absolute atomic E-state index is 12.0. The fourth-order valence-corrected chi connectivity index (χ4v) is 2.50. The van der Waals surface area contributed by atoms with Gasteiger partial charge in [0, 0.05) is 21.3 Å². The number of carbonyl (C=O) groups excluding carboxylic acids is 1. The quantitative estimate of drug-likeness (QED) is 0.724. The van der Waals surface area contributed by atoms with Crippen LogP contribution in [-0.4, -0.2) is 22.5 Å². The van der Waals surface area contributed by atoms with Crippen LogP contribution in [0.2, 0.25) is 0 Å². The van der Waals surface area contributed by atoms with Crippen LogP contribution in [0.15, 0.2) is 22.7 Å². The Kier molecular flexibility index (Phi) is 5.53. The van der Waals surface area contributed by atoms with Crippen LogP contribution in [0.25, 0.3) is 0 Å². The minimum absolute atomic E-state index is 0.0490. The highest BCUT2D eigenvalue weighted by molar-refractivity contribution is 9.10. The van der Waals surface area contributed by atoms with E-state index >= 15 is 0 Å². The highest BCUT2D eigenvalue weighted by atomic mass is 79.9. The average Bonchev–Trinajstić information content (AvgIpc) is 2.26. The lowest BCUT2D eigenvalue weighted by molar-refractivity contribution is -0.122. The Labute approximate surface area is 133 Å². The van der Waals surface area contributed by atoms with Gasteiger partial charge < -0.3 is 16.4 Å². The molecule has 0 bridgehead atoms. The van der Waals surface area contributed by atoms with Gasteiger partial charge in [-0.25, -0.2) is 0 Å². The molecule has 4 N–H and O–H groups in total. The number of hydrogen-bond acceptors (Lipinski definition) is 3. The lowest BCUT2D eigenvalue weighted by Gasteiger charge is -2.24. The molecule has 0 saturated heterocycles. The van der Waals surface area contributed by atoms with E-state index in [1.54, 1.807) is 0 Å². The van der Waals surface area contributed by atoms with E-state index in [-0.39, 0.29) is 17.5 Å². The number of benzene rings is 1. The molecule has 20 heavy (non-hydrogen) atoms. The highest BCUT2D eigenvalue weighted by Gasteiger charge is 2.19. The molecule has 0 aliphatic carbocycles. The molecule has 1 aromatic carbocycles. The topological polar surface area (TPSA) is 67.1 Å². The fraction of sp³-hybridized carbons (Fsp3) is 0.429.